The van der Waals surface area contributed by atoms with E-state index in [4.69, 9.17) is 10.00 Å². The third-order valence-electron chi connectivity index (χ3n) is 6.79. The van der Waals surface area contributed by atoms with Gasteiger partial charge in [0.25, 0.3) is 0 Å². The van der Waals surface area contributed by atoms with Crippen molar-refractivity contribution in [2.24, 2.45) is 5.92 Å². The number of fused-ring (bicyclic) bond motifs is 1. The highest BCUT2D eigenvalue weighted by Crippen LogP contribution is 2.25. The molecule has 0 unspecified atom stereocenters. The summed E-state index contributed by atoms with van der Waals surface area (Å²) in [6, 6.07) is 8.19. The van der Waals surface area contributed by atoms with E-state index >= 15 is 0 Å². The van der Waals surface area contributed by atoms with Crippen LogP contribution in [0, 0.1) is 17.2 Å². The Balaban J connectivity index is 0.000000165. The highest BCUT2D eigenvalue weighted by atomic mass is 16.5. The summed E-state index contributed by atoms with van der Waals surface area (Å²) in [5, 5.41) is 16.9. The van der Waals surface area contributed by atoms with Gasteiger partial charge in [-0.1, -0.05) is 19.3 Å². The Bertz CT molecular complexity index is 864. The summed E-state index contributed by atoms with van der Waals surface area (Å²) >= 11 is 0. The largest absolute Gasteiger partial charge is 0.379 e. The molecule has 2 aliphatic heterocycles. The summed E-state index contributed by atoms with van der Waals surface area (Å²) in [7, 11) is 0. The number of morpholine rings is 1. The molecule has 3 heterocycles. The molecule has 2 saturated heterocycles. The number of aromatic nitrogens is 2. The maximum Gasteiger partial charge on any atom is 0.137 e. The molecule has 0 atom stereocenters. The highest BCUT2D eigenvalue weighted by molar-refractivity contribution is 5.89. The average Bonchev–Trinajstić information content (AvgIpc) is 2.86. The van der Waals surface area contributed by atoms with Crippen molar-refractivity contribution >= 4 is 16.7 Å². The molecule has 0 radical (unpaired) electrons. The molecule has 2 aromatic rings. The topological polar surface area (TPSA) is 86.1 Å². The molecule has 1 aromatic carbocycles. The van der Waals surface area contributed by atoms with Crippen LogP contribution >= 0.6 is 0 Å². The predicted molar refractivity (Wildman–Crippen MR) is 128 cm³/mol. The standard InChI is InChI=1S/C15H16N4.C10H20N2O/c16-9-11-6-7-14-13(8-11)15(18-10-17-14)19-12-4-2-1-3-5-12;1-3-11-4-2-10(1)9-12-5-7-13-8-6-12/h6-8,10,12H,1-5H2,(H,17,18,19);10-11H,1-9H2. The number of hydrogen-bond acceptors (Lipinski definition) is 7. The first kappa shape index (κ1) is 22.9. The molecule has 7 heteroatoms. The van der Waals surface area contributed by atoms with Gasteiger partial charge < -0.3 is 15.4 Å². The van der Waals surface area contributed by atoms with Crippen LogP contribution in [0.4, 0.5) is 5.82 Å². The van der Waals surface area contributed by atoms with Gasteiger partial charge in [-0.05, 0) is 62.9 Å². The van der Waals surface area contributed by atoms with Crippen LogP contribution in [0.25, 0.3) is 10.9 Å². The summed E-state index contributed by atoms with van der Waals surface area (Å²) in [6.45, 7) is 7.89. The number of nitriles is 1. The van der Waals surface area contributed by atoms with Crippen LogP contribution in [0.5, 0.6) is 0 Å². The molecule has 1 aromatic heterocycles. The van der Waals surface area contributed by atoms with Crippen LogP contribution in [0.3, 0.4) is 0 Å². The highest BCUT2D eigenvalue weighted by Gasteiger charge is 2.18. The number of piperidine rings is 1. The second kappa shape index (κ2) is 12.1. The van der Waals surface area contributed by atoms with Crippen LogP contribution in [0.15, 0.2) is 24.5 Å². The zero-order valence-electron chi connectivity index (χ0n) is 19.1. The zero-order chi connectivity index (χ0) is 22.0. The first-order valence-corrected chi connectivity index (χ1v) is 12.2. The van der Waals surface area contributed by atoms with Crippen LogP contribution in [0.2, 0.25) is 0 Å². The van der Waals surface area contributed by atoms with E-state index < -0.39 is 0 Å². The van der Waals surface area contributed by atoms with Gasteiger partial charge in [0.2, 0.25) is 0 Å². The molecule has 0 spiro atoms. The third-order valence-corrected chi connectivity index (χ3v) is 6.79. The van der Waals surface area contributed by atoms with Gasteiger partial charge in [-0.25, -0.2) is 9.97 Å². The summed E-state index contributed by atoms with van der Waals surface area (Å²) in [6.07, 6.45) is 10.6. The fourth-order valence-electron chi connectivity index (χ4n) is 4.89. The van der Waals surface area contributed by atoms with E-state index in [1.165, 1.54) is 64.6 Å². The van der Waals surface area contributed by atoms with Crippen molar-refractivity contribution in [1.29, 1.82) is 5.26 Å². The molecule has 3 fully saturated rings. The van der Waals surface area contributed by atoms with E-state index in [2.05, 4.69) is 31.6 Å². The first-order chi connectivity index (χ1) is 15.8. The summed E-state index contributed by atoms with van der Waals surface area (Å²) < 4.78 is 5.33. The van der Waals surface area contributed by atoms with Crippen LogP contribution < -0.4 is 10.6 Å². The minimum absolute atomic E-state index is 0.498. The minimum Gasteiger partial charge on any atom is -0.379 e. The summed E-state index contributed by atoms with van der Waals surface area (Å²) in [4.78, 5) is 11.1. The van der Waals surface area contributed by atoms with E-state index in [0.717, 1.165) is 48.9 Å². The molecule has 0 bridgehead atoms. The normalized spacial score (nSPS) is 20.8. The number of rotatable bonds is 4. The molecule has 1 saturated carbocycles. The van der Waals surface area contributed by atoms with Crippen molar-refractivity contribution in [3.05, 3.63) is 30.1 Å². The third kappa shape index (κ3) is 6.61. The van der Waals surface area contributed by atoms with Gasteiger partial charge in [-0.2, -0.15) is 5.26 Å². The number of nitrogens with zero attached hydrogens (tertiary/aromatic N) is 4. The van der Waals surface area contributed by atoms with Crippen molar-refractivity contribution in [3.8, 4) is 6.07 Å². The van der Waals surface area contributed by atoms with Crippen LogP contribution in [-0.4, -0.2) is 66.8 Å². The van der Waals surface area contributed by atoms with Gasteiger partial charge in [0.1, 0.15) is 12.1 Å². The van der Waals surface area contributed by atoms with E-state index in [0.29, 0.717) is 11.6 Å². The lowest BCUT2D eigenvalue weighted by Gasteiger charge is -2.32. The number of benzene rings is 1. The average molecular weight is 437 g/mol. The van der Waals surface area contributed by atoms with Gasteiger partial charge >= 0.3 is 0 Å². The van der Waals surface area contributed by atoms with Gasteiger partial charge in [0.15, 0.2) is 0 Å². The number of hydrogen-bond donors (Lipinski definition) is 2. The van der Waals surface area contributed by atoms with Crippen molar-refractivity contribution < 1.29 is 4.74 Å². The Morgan fingerprint density at radius 2 is 1.84 bits per heavy atom. The lowest BCUT2D eigenvalue weighted by molar-refractivity contribution is 0.0284. The molecule has 0 amide bonds. The predicted octanol–water partition coefficient (Wildman–Crippen LogP) is 3.56. The minimum atomic E-state index is 0.498. The van der Waals surface area contributed by atoms with Crippen molar-refractivity contribution in [3.63, 3.8) is 0 Å². The van der Waals surface area contributed by atoms with Gasteiger partial charge in [-0.15, -0.1) is 0 Å². The van der Waals surface area contributed by atoms with Crippen molar-refractivity contribution in [2.75, 3.05) is 51.3 Å². The van der Waals surface area contributed by atoms with E-state index in [9.17, 15) is 0 Å². The molecule has 172 valence electrons. The van der Waals surface area contributed by atoms with Crippen LogP contribution in [-0.2, 0) is 4.74 Å². The van der Waals surface area contributed by atoms with Crippen LogP contribution in [0.1, 0.15) is 50.5 Å². The smallest absolute Gasteiger partial charge is 0.137 e. The monoisotopic (exact) mass is 436 g/mol. The molecule has 2 N–H and O–H groups in total. The Labute approximate surface area is 191 Å². The Hall–Kier alpha value is -2.27. The number of ether oxygens (including phenoxy) is 1. The van der Waals surface area contributed by atoms with Crippen molar-refractivity contribution in [2.45, 2.75) is 51.0 Å². The quantitative estimate of drug-likeness (QED) is 0.758. The second-order valence-corrected chi connectivity index (χ2v) is 9.15. The van der Waals surface area contributed by atoms with E-state index in [1.807, 2.05) is 12.1 Å². The molecular weight excluding hydrogens is 400 g/mol. The molecular formula is C25H36N6O. The zero-order valence-corrected chi connectivity index (χ0v) is 19.1. The lowest BCUT2D eigenvalue weighted by Crippen LogP contribution is -2.41. The fraction of sp³-hybridized carbons (Fsp3) is 0.640. The number of nitrogens with one attached hydrogen (secondary N) is 2. The Morgan fingerprint density at radius 1 is 1.06 bits per heavy atom. The first-order valence-electron chi connectivity index (χ1n) is 12.2. The maximum atomic E-state index is 9.00. The fourth-order valence-corrected chi connectivity index (χ4v) is 4.89. The second-order valence-electron chi connectivity index (χ2n) is 9.15. The lowest BCUT2D eigenvalue weighted by atomic mass is 9.95. The van der Waals surface area contributed by atoms with E-state index in [-0.39, 0.29) is 0 Å². The molecule has 1 aliphatic carbocycles. The summed E-state index contributed by atoms with van der Waals surface area (Å²) in [5.74, 6) is 1.79. The van der Waals surface area contributed by atoms with Gasteiger partial charge in [0.05, 0.1) is 30.4 Å². The Kier molecular flexibility index (Phi) is 8.66. The maximum absolute atomic E-state index is 9.00. The Morgan fingerprint density at radius 3 is 2.59 bits per heavy atom. The molecule has 5 rings (SSSR count). The summed E-state index contributed by atoms with van der Waals surface area (Å²) in [5.41, 5.74) is 1.53. The number of anilines is 1. The van der Waals surface area contributed by atoms with Gasteiger partial charge in [-0.3, -0.25) is 4.90 Å². The van der Waals surface area contributed by atoms with Crippen molar-refractivity contribution in [1.82, 2.24) is 20.2 Å². The SMILES string of the molecule is C1CC(CN2CCOCC2)CCN1.N#Cc1ccc2ncnc(NC3CCCCC3)c2c1. The molecule has 32 heavy (non-hydrogen) atoms. The molecule has 3 aliphatic rings. The van der Waals surface area contributed by atoms with E-state index in [1.54, 1.807) is 12.4 Å². The molecule has 7 nitrogen and oxygen atoms in total. The van der Waals surface area contributed by atoms with Gasteiger partial charge in [0, 0.05) is 31.1 Å².